The zero-order chi connectivity index (χ0) is 22.6. The van der Waals surface area contributed by atoms with Gasteiger partial charge in [-0.3, -0.25) is 9.36 Å². The van der Waals surface area contributed by atoms with Crippen molar-refractivity contribution in [2.75, 3.05) is 5.73 Å². The second-order valence-corrected chi connectivity index (χ2v) is 7.29. The van der Waals surface area contributed by atoms with Crippen molar-refractivity contribution in [1.82, 2.24) is 9.55 Å². The zero-order valence-corrected chi connectivity index (χ0v) is 17.9. The van der Waals surface area contributed by atoms with Gasteiger partial charge in [0, 0.05) is 12.5 Å². The molecule has 2 heterocycles. The molecule has 0 saturated carbocycles. The Morgan fingerprint density at radius 2 is 1.90 bits per heavy atom. The number of hydrogen-bond donors (Lipinski definition) is 4. The predicted octanol–water partition coefficient (Wildman–Crippen LogP) is 3.26. The Hall–Kier alpha value is -3.50. The van der Waals surface area contributed by atoms with Crippen LogP contribution < -0.4 is 11.5 Å². The minimum absolute atomic E-state index is 0.0736. The molecule has 0 unspecified atom stereocenters. The van der Waals surface area contributed by atoms with Gasteiger partial charge in [0.15, 0.2) is 0 Å². The molecular weight excluding hydrogens is 380 g/mol. The second kappa shape index (κ2) is 8.89. The fourth-order valence-electron chi connectivity index (χ4n) is 2.94. The Balaban J connectivity index is 0.00000155. The number of hydrogen-bond acceptors (Lipinski definition) is 5. The molecule has 0 spiro atoms. The van der Waals surface area contributed by atoms with Crippen molar-refractivity contribution in [2.24, 2.45) is 5.73 Å². The molecular formula is C23H28N4O3. The van der Waals surface area contributed by atoms with Gasteiger partial charge in [-0.15, -0.1) is 0 Å². The summed E-state index contributed by atoms with van der Waals surface area (Å²) in [7, 11) is 0. The molecule has 0 aliphatic carbocycles. The maximum absolute atomic E-state index is 12.1. The molecule has 158 valence electrons. The molecule has 30 heavy (non-hydrogen) atoms. The van der Waals surface area contributed by atoms with Gasteiger partial charge < -0.3 is 21.7 Å². The summed E-state index contributed by atoms with van der Waals surface area (Å²) in [4.78, 5) is 16.5. The number of amides is 1. The minimum Gasteiger partial charge on any atom is -0.508 e. The number of nitrogens with zero attached hydrogens (tertiary/aromatic N) is 2. The van der Waals surface area contributed by atoms with E-state index in [4.69, 9.17) is 11.5 Å². The van der Waals surface area contributed by atoms with E-state index in [0.717, 1.165) is 5.56 Å². The lowest BCUT2D eigenvalue weighted by Crippen LogP contribution is -2.16. The number of aliphatic hydroxyl groups is 1. The number of fused-ring (bicyclic) bond motifs is 1. The monoisotopic (exact) mass is 408 g/mol. The van der Waals surface area contributed by atoms with Crippen LogP contribution >= 0.6 is 0 Å². The van der Waals surface area contributed by atoms with Gasteiger partial charge in [0.25, 0.3) is 5.91 Å². The number of nitrogens with two attached hydrogens (primary N) is 2. The van der Waals surface area contributed by atoms with Crippen LogP contribution in [0.1, 0.15) is 55.7 Å². The molecule has 0 radical (unpaired) electrons. The number of rotatable bonds is 3. The SMILES string of the molecule is CC.Cc1ccc(O)cc1-n1c(N)c(C(N)=O)c2nc(C#CCC(C)(C)O)ccc21. The Kier molecular flexibility index (Phi) is 6.75. The standard InChI is InChI=1S/C21H22N4O3.C2H6/c1-12-6-8-14(26)11-16(12)25-15-9-7-13(5-4-10-21(2,3)28)24-18(15)17(19(25)22)20(23)27;1-2/h6-9,11,26,28H,10,22H2,1-3H3,(H2,23,27);1-2H3. The lowest BCUT2D eigenvalue weighted by Gasteiger charge is -2.12. The van der Waals surface area contributed by atoms with Crippen molar-refractivity contribution in [3.05, 3.63) is 47.2 Å². The normalized spacial score (nSPS) is 10.7. The fraction of sp³-hybridized carbons (Fsp3) is 0.304. The highest BCUT2D eigenvalue weighted by Gasteiger charge is 2.22. The zero-order valence-electron chi connectivity index (χ0n) is 17.9. The summed E-state index contributed by atoms with van der Waals surface area (Å²) < 4.78 is 1.64. The molecule has 0 atom stereocenters. The molecule has 7 nitrogen and oxygen atoms in total. The summed E-state index contributed by atoms with van der Waals surface area (Å²) in [5, 5.41) is 19.7. The number of benzene rings is 1. The Labute approximate surface area is 176 Å². The van der Waals surface area contributed by atoms with Crippen LogP contribution in [0.15, 0.2) is 30.3 Å². The lowest BCUT2D eigenvalue weighted by atomic mass is 10.1. The number of carbonyl (C=O) groups excluding carboxylic acids is 1. The summed E-state index contributed by atoms with van der Waals surface area (Å²) in [5.74, 6) is 5.28. The van der Waals surface area contributed by atoms with Crippen molar-refractivity contribution >= 4 is 22.8 Å². The average Bonchev–Trinajstić information content (AvgIpc) is 2.95. The fourth-order valence-corrected chi connectivity index (χ4v) is 2.94. The largest absolute Gasteiger partial charge is 0.508 e. The number of nitrogen functional groups attached to an aromatic ring is 1. The van der Waals surface area contributed by atoms with Crippen LogP contribution in [-0.2, 0) is 0 Å². The predicted molar refractivity (Wildman–Crippen MR) is 120 cm³/mol. The van der Waals surface area contributed by atoms with Crippen LogP contribution in [0.3, 0.4) is 0 Å². The maximum atomic E-state index is 12.1. The molecule has 1 amide bonds. The minimum atomic E-state index is -0.907. The van der Waals surface area contributed by atoms with Crippen molar-refractivity contribution in [3.63, 3.8) is 0 Å². The van der Waals surface area contributed by atoms with E-state index in [2.05, 4.69) is 16.8 Å². The lowest BCUT2D eigenvalue weighted by molar-refractivity contribution is 0.0862. The van der Waals surface area contributed by atoms with Crippen molar-refractivity contribution in [3.8, 4) is 23.3 Å². The first-order chi connectivity index (χ1) is 14.1. The highest BCUT2D eigenvalue weighted by Crippen LogP contribution is 2.33. The van der Waals surface area contributed by atoms with Crippen LogP contribution in [-0.4, -0.2) is 31.3 Å². The van der Waals surface area contributed by atoms with Gasteiger partial charge in [-0.2, -0.15) is 0 Å². The third kappa shape index (κ3) is 4.73. The van der Waals surface area contributed by atoms with Gasteiger partial charge in [-0.25, -0.2) is 4.98 Å². The van der Waals surface area contributed by atoms with Crippen LogP contribution in [0.4, 0.5) is 5.82 Å². The van der Waals surface area contributed by atoms with E-state index in [1.165, 1.54) is 0 Å². The van der Waals surface area contributed by atoms with Crippen LogP contribution in [0.2, 0.25) is 0 Å². The number of aromatic hydroxyl groups is 1. The van der Waals surface area contributed by atoms with Crippen molar-refractivity contribution in [2.45, 2.75) is 46.6 Å². The maximum Gasteiger partial charge on any atom is 0.254 e. The van der Waals surface area contributed by atoms with E-state index >= 15 is 0 Å². The second-order valence-electron chi connectivity index (χ2n) is 7.29. The van der Waals surface area contributed by atoms with Crippen LogP contribution in [0, 0.1) is 18.8 Å². The molecule has 0 saturated heterocycles. The topological polar surface area (TPSA) is 127 Å². The number of phenols is 1. The van der Waals surface area contributed by atoms with Gasteiger partial charge in [0.2, 0.25) is 0 Å². The quantitative estimate of drug-likeness (QED) is 0.495. The van der Waals surface area contributed by atoms with Gasteiger partial charge >= 0.3 is 0 Å². The number of aromatic nitrogens is 2. The van der Waals surface area contributed by atoms with Gasteiger partial charge in [-0.05, 0) is 50.5 Å². The first kappa shape index (κ1) is 22.8. The Morgan fingerprint density at radius 1 is 1.23 bits per heavy atom. The van der Waals surface area contributed by atoms with E-state index in [-0.39, 0.29) is 23.6 Å². The molecule has 0 bridgehead atoms. The Morgan fingerprint density at radius 3 is 2.50 bits per heavy atom. The van der Waals surface area contributed by atoms with Crippen LogP contribution in [0.5, 0.6) is 5.75 Å². The number of aryl methyl sites for hydroxylation is 1. The van der Waals surface area contributed by atoms with E-state index in [1.54, 1.807) is 48.7 Å². The molecule has 0 aliphatic heterocycles. The number of phenolic OH excluding ortho intramolecular Hbond substituents is 1. The highest BCUT2D eigenvalue weighted by atomic mass is 16.3. The molecule has 3 aromatic rings. The van der Waals surface area contributed by atoms with Crippen molar-refractivity contribution in [1.29, 1.82) is 0 Å². The molecule has 3 rings (SSSR count). The number of pyridine rings is 1. The van der Waals surface area contributed by atoms with Gasteiger partial charge in [0.05, 0.1) is 16.8 Å². The molecule has 7 heteroatoms. The third-order valence-corrected chi connectivity index (χ3v) is 4.27. The summed E-state index contributed by atoms with van der Waals surface area (Å²) in [5.41, 5.74) is 13.8. The third-order valence-electron chi connectivity index (χ3n) is 4.27. The summed E-state index contributed by atoms with van der Waals surface area (Å²) in [6, 6.07) is 8.35. The van der Waals surface area contributed by atoms with E-state index in [9.17, 15) is 15.0 Å². The highest BCUT2D eigenvalue weighted by molar-refractivity contribution is 6.10. The summed E-state index contributed by atoms with van der Waals surface area (Å²) in [6.45, 7) is 9.21. The first-order valence-electron chi connectivity index (χ1n) is 9.70. The molecule has 6 N–H and O–H groups in total. The molecule has 0 fully saturated rings. The van der Waals surface area contributed by atoms with Gasteiger partial charge in [0.1, 0.15) is 28.3 Å². The van der Waals surface area contributed by atoms with Crippen LogP contribution in [0.25, 0.3) is 16.7 Å². The van der Waals surface area contributed by atoms with E-state index in [1.807, 2.05) is 20.8 Å². The number of carbonyl (C=O) groups is 1. The summed E-state index contributed by atoms with van der Waals surface area (Å²) >= 11 is 0. The first-order valence-corrected chi connectivity index (χ1v) is 9.70. The molecule has 1 aromatic carbocycles. The van der Waals surface area contributed by atoms with E-state index < -0.39 is 11.5 Å². The smallest absolute Gasteiger partial charge is 0.254 e. The summed E-state index contributed by atoms with van der Waals surface area (Å²) in [6.07, 6.45) is 0.279. The number of primary amides is 1. The van der Waals surface area contributed by atoms with E-state index in [0.29, 0.717) is 22.4 Å². The van der Waals surface area contributed by atoms with Crippen molar-refractivity contribution < 1.29 is 15.0 Å². The molecule has 2 aromatic heterocycles. The average molecular weight is 409 g/mol. The molecule has 0 aliphatic rings. The van der Waals surface area contributed by atoms with Gasteiger partial charge in [-0.1, -0.05) is 25.8 Å². The Bertz CT molecular complexity index is 1150. The number of anilines is 1.